The standard InChI is InChI=1S/C17H23ClN4O3/c1-3-9-25-15-10-12(2)16(22(23)24)17-20(7-8-21(15)17)11-13-5-4-6-14(18)19-13/h4-6,12,15H,3,7-11H2,1-2H3. The predicted molar refractivity (Wildman–Crippen MR) is 94.2 cm³/mol. The zero-order valence-corrected chi connectivity index (χ0v) is 15.3. The van der Waals surface area contributed by atoms with Crippen LogP contribution in [0.1, 0.15) is 32.4 Å². The van der Waals surface area contributed by atoms with Gasteiger partial charge in [-0.15, -0.1) is 0 Å². The molecule has 7 nitrogen and oxygen atoms in total. The number of ether oxygens (including phenoxy) is 1. The summed E-state index contributed by atoms with van der Waals surface area (Å²) >= 11 is 5.97. The van der Waals surface area contributed by atoms with Gasteiger partial charge in [-0.1, -0.05) is 31.5 Å². The second-order valence-corrected chi connectivity index (χ2v) is 6.88. The van der Waals surface area contributed by atoms with Crippen molar-refractivity contribution in [1.82, 2.24) is 14.8 Å². The van der Waals surface area contributed by atoms with Crippen molar-refractivity contribution in [2.24, 2.45) is 5.92 Å². The number of hydrogen-bond acceptors (Lipinski definition) is 6. The van der Waals surface area contributed by atoms with E-state index in [0.717, 1.165) is 12.1 Å². The molecular formula is C17H23ClN4O3. The third kappa shape index (κ3) is 3.72. The molecule has 1 saturated heterocycles. The topological polar surface area (TPSA) is 71.7 Å². The van der Waals surface area contributed by atoms with Gasteiger partial charge in [-0.2, -0.15) is 0 Å². The van der Waals surface area contributed by atoms with Gasteiger partial charge in [-0.05, 0) is 18.6 Å². The number of fused-ring (bicyclic) bond motifs is 1. The van der Waals surface area contributed by atoms with Crippen molar-refractivity contribution in [2.75, 3.05) is 19.7 Å². The molecule has 1 aromatic heterocycles. The van der Waals surface area contributed by atoms with Gasteiger partial charge in [0.05, 0.1) is 23.1 Å². The van der Waals surface area contributed by atoms with E-state index in [9.17, 15) is 10.1 Å². The van der Waals surface area contributed by atoms with E-state index in [1.54, 1.807) is 6.07 Å². The molecule has 0 amide bonds. The highest BCUT2D eigenvalue weighted by molar-refractivity contribution is 6.29. The van der Waals surface area contributed by atoms with Gasteiger partial charge in [0.25, 0.3) is 5.70 Å². The maximum absolute atomic E-state index is 11.7. The van der Waals surface area contributed by atoms with E-state index < -0.39 is 0 Å². The largest absolute Gasteiger partial charge is 0.358 e. The van der Waals surface area contributed by atoms with Crippen LogP contribution in [0.3, 0.4) is 0 Å². The molecule has 2 aliphatic rings. The molecule has 0 saturated carbocycles. The summed E-state index contributed by atoms with van der Waals surface area (Å²) in [5.74, 6) is 0.516. The first-order valence-electron chi connectivity index (χ1n) is 8.64. The fraction of sp³-hybridized carbons (Fsp3) is 0.588. The lowest BCUT2D eigenvalue weighted by Crippen LogP contribution is -2.43. The molecule has 0 radical (unpaired) electrons. The number of aromatic nitrogens is 1. The maximum Gasteiger partial charge on any atom is 0.289 e. The molecule has 0 N–H and O–H groups in total. The average Bonchev–Trinajstić information content (AvgIpc) is 2.96. The molecule has 1 fully saturated rings. The van der Waals surface area contributed by atoms with E-state index in [4.69, 9.17) is 16.3 Å². The van der Waals surface area contributed by atoms with Crippen molar-refractivity contribution in [2.45, 2.75) is 39.5 Å². The normalized spacial score (nSPS) is 23.2. The minimum atomic E-state index is -0.243. The first kappa shape index (κ1) is 17.9. The number of nitrogens with zero attached hydrogens (tertiary/aromatic N) is 4. The van der Waals surface area contributed by atoms with Crippen LogP contribution < -0.4 is 0 Å². The number of pyridine rings is 1. The fourth-order valence-corrected chi connectivity index (χ4v) is 3.72. The SMILES string of the molecule is CCCOC1CC(C)C([N+](=O)[O-])=C2N(Cc3cccc(Cl)n3)CCN21. The minimum absolute atomic E-state index is 0.106. The lowest BCUT2D eigenvalue weighted by atomic mass is 9.98. The van der Waals surface area contributed by atoms with Crippen LogP contribution in [0.25, 0.3) is 0 Å². The maximum atomic E-state index is 11.7. The Morgan fingerprint density at radius 3 is 2.92 bits per heavy atom. The Balaban J connectivity index is 1.90. The number of nitro groups is 1. The van der Waals surface area contributed by atoms with Crippen LogP contribution in [0.2, 0.25) is 5.15 Å². The monoisotopic (exact) mass is 366 g/mol. The van der Waals surface area contributed by atoms with Crippen molar-refractivity contribution in [3.8, 4) is 0 Å². The molecule has 3 heterocycles. The second-order valence-electron chi connectivity index (χ2n) is 6.49. The molecular weight excluding hydrogens is 344 g/mol. The summed E-state index contributed by atoms with van der Waals surface area (Å²) in [5.41, 5.74) is 1.07. The number of hydrogen-bond donors (Lipinski definition) is 0. The molecule has 3 rings (SSSR count). The van der Waals surface area contributed by atoms with Crippen LogP contribution in [0, 0.1) is 16.0 Å². The Kier molecular flexibility index (Phi) is 5.44. The van der Waals surface area contributed by atoms with Gasteiger partial charge in [0, 0.05) is 26.1 Å². The van der Waals surface area contributed by atoms with Crippen LogP contribution >= 0.6 is 11.6 Å². The summed E-state index contributed by atoms with van der Waals surface area (Å²) in [7, 11) is 0. The molecule has 2 atom stereocenters. The first-order valence-corrected chi connectivity index (χ1v) is 9.02. The molecule has 0 bridgehead atoms. The highest BCUT2D eigenvalue weighted by Crippen LogP contribution is 2.37. The van der Waals surface area contributed by atoms with Gasteiger partial charge in [-0.3, -0.25) is 10.1 Å². The van der Waals surface area contributed by atoms with Crippen molar-refractivity contribution in [1.29, 1.82) is 0 Å². The Hall–Kier alpha value is -1.86. The van der Waals surface area contributed by atoms with E-state index in [1.807, 2.05) is 28.9 Å². The fourth-order valence-electron chi connectivity index (χ4n) is 3.53. The van der Waals surface area contributed by atoms with E-state index in [2.05, 4.69) is 11.9 Å². The third-order valence-corrected chi connectivity index (χ3v) is 4.83. The summed E-state index contributed by atoms with van der Waals surface area (Å²) in [6.45, 7) is 6.54. The molecule has 25 heavy (non-hydrogen) atoms. The molecule has 0 spiro atoms. The Morgan fingerprint density at radius 1 is 1.44 bits per heavy atom. The molecule has 0 aromatic carbocycles. The van der Waals surface area contributed by atoms with Gasteiger partial charge < -0.3 is 14.5 Å². The van der Waals surface area contributed by atoms with E-state index in [1.165, 1.54) is 0 Å². The van der Waals surface area contributed by atoms with Crippen molar-refractivity contribution >= 4 is 11.6 Å². The number of halogens is 1. The van der Waals surface area contributed by atoms with Crippen LogP contribution in [-0.4, -0.2) is 45.6 Å². The lowest BCUT2D eigenvalue weighted by Gasteiger charge is -2.37. The van der Waals surface area contributed by atoms with Crippen LogP contribution in [0.4, 0.5) is 0 Å². The van der Waals surface area contributed by atoms with E-state index in [-0.39, 0.29) is 22.8 Å². The van der Waals surface area contributed by atoms with E-state index in [0.29, 0.717) is 43.6 Å². The molecule has 2 aliphatic heterocycles. The van der Waals surface area contributed by atoms with Crippen LogP contribution in [-0.2, 0) is 11.3 Å². The summed E-state index contributed by atoms with van der Waals surface area (Å²) in [6, 6.07) is 5.45. The van der Waals surface area contributed by atoms with Crippen molar-refractivity contribution < 1.29 is 9.66 Å². The van der Waals surface area contributed by atoms with Gasteiger partial charge in [0.1, 0.15) is 11.4 Å². The zero-order valence-electron chi connectivity index (χ0n) is 14.5. The Morgan fingerprint density at radius 2 is 2.24 bits per heavy atom. The molecule has 8 heteroatoms. The number of rotatable bonds is 6. The van der Waals surface area contributed by atoms with Gasteiger partial charge in [0.2, 0.25) is 0 Å². The van der Waals surface area contributed by atoms with Gasteiger partial charge in [0.15, 0.2) is 5.82 Å². The zero-order chi connectivity index (χ0) is 18.0. The van der Waals surface area contributed by atoms with Crippen molar-refractivity contribution in [3.05, 3.63) is 50.7 Å². The molecule has 136 valence electrons. The minimum Gasteiger partial charge on any atom is -0.358 e. The Labute approximate surface area is 152 Å². The Bertz CT molecular complexity index is 682. The van der Waals surface area contributed by atoms with Gasteiger partial charge in [-0.25, -0.2) is 4.98 Å². The summed E-state index contributed by atoms with van der Waals surface area (Å²) in [4.78, 5) is 19.8. The quantitative estimate of drug-likeness (QED) is 0.437. The lowest BCUT2D eigenvalue weighted by molar-refractivity contribution is -0.439. The molecule has 1 aromatic rings. The predicted octanol–water partition coefficient (Wildman–Crippen LogP) is 3.09. The highest BCUT2D eigenvalue weighted by atomic mass is 35.5. The van der Waals surface area contributed by atoms with Crippen molar-refractivity contribution in [3.63, 3.8) is 0 Å². The summed E-state index contributed by atoms with van der Waals surface area (Å²) in [5, 5.41) is 12.1. The number of allylic oxidation sites excluding steroid dienone is 1. The summed E-state index contributed by atoms with van der Waals surface area (Å²) in [6.07, 6.45) is 1.46. The average molecular weight is 367 g/mol. The summed E-state index contributed by atoms with van der Waals surface area (Å²) < 4.78 is 5.97. The second kappa shape index (κ2) is 7.58. The van der Waals surface area contributed by atoms with Gasteiger partial charge >= 0.3 is 0 Å². The first-order chi connectivity index (χ1) is 12.0. The molecule has 0 aliphatic carbocycles. The van der Waals surface area contributed by atoms with Crippen LogP contribution in [0.15, 0.2) is 29.7 Å². The van der Waals surface area contributed by atoms with Crippen LogP contribution in [0.5, 0.6) is 0 Å². The smallest absolute Gasteiger partial charge is 0.289 e. The van der Waals surface area contributed by atoms with E-state index >= 15 is 0 Å². The third-order valence-electron chi connectivity index (χ3n) is 4.62. The highest BCUT2D eigenvalue weighted by Gasteiger charge is 2.45. The molecule has 2 unspecified atom stereocenters.